The molecule has 1 saturated heterocycles. The third kappa shape index (κ3) is 2.23. The number of hydrogen-bond acceptors (Lipinski definition) is 5. The van der Waals surface area contributed by atoms with Gasteiger partial charge in [0.1, 0.15) is 11.7 Å². The number of phenols is 1. The van der Waals surface area contributed by atoms with Crippen LogP contribution in [0.4, 0.5) is 0 Å². The summed E-state index contributed by atoms with van der Waals surface area (Å²) in [5.41, 5.74) is 1.24. The minimum absolute atomic E-state index is 0. The summed E-state index contributed by atoms with van der Waals surface area (Å²) in [6.07, 6.45) is 7.72. The van der Waals surface area contributed by atoms with Gasteiger partial charge in [0.15, 0.2) is 11.5 Å². The fourth-order valence-electron chi connectivity index (χ4n) is 9.23. The number of hydrogen-bond donors (Lipinski definition) is 2. The third-order valence-corrected chi connectivity index (χ3v) is 10.5. The van der Waals surface area contributed by atoms with Gasteiger partial charge in [-0.05, 0) is 82.9 Å². The molecular weight excluding hydrogens is 425 g/mol. The van der Waals surface area contributed by atoms with Gasteiger partial charge in [0, 0.05) is 42.0 Å². The predicted octanol–water partition coefficient (Wildman–Crippen LogP) is 3.81. The normalized spacial score (nSPS) is 43.4. The molecular formula is C26H36ClNO4. The van der Waals surface area contributed by atoms with Crippen LogP contribution in [0.15, 0.2) is 12.1 Å². The molecule has 4 bridgehead atoms. The van der Waals surface area contributed by atoms with Crippen molar-refractivity contribution < 1.29 is 19.7 Å². The molecule has 0 aromatic heterocycles. The van der Waals surface area contributed by atoms with Crippen molar-refractivity contribution in [2.24, 2.45) is 17.3 Å². The second-order valence-electron chi connectivity index (χ2n) is 12.1. The summed E-state index contributed by atoms with van der Waals surface area (Å²) in [7, 11) is 1.81. The average molecular weight is 461 g/mol. The number of likely N-dealkylation sites (tertiary alicyclic amines) is 1. The number of aliphatic hydroxyl groups is 1. The van der Waals surface area contributed by atoms with E-state index in [1.165, 1.54) is 30.5 Å². The van der Waals surface area contributed by atoms with Crippen molar-refractivity contribution in [1.82, 2.24) is 4.90 Å². The second-order valence-corrected chi connectivity index (χ2v) is 12.1. The zero-order valence-electron chi connectivity index (χ0n) is 19.4. The summed E-state index contributed by atoms with van der Waals surface area (Å²) in [6.45, 7) is 6.23. The molecule has 0 radical (unpaired) electrons. The molecule has 2 N–H and O–H groups in total. The Balaban J connectivity index is 0.00000196. The van der Waals surface area contributed by atoms with Crippen molar-refractivity contribution in [3.8, 4) is 11.5 Å². The summed E-state index contributed by atoms with van der Waals surface area (Å²) in [4.78, 5) is 2.81. The van der Waals surface area contributed by atoms with Crippen molar-refractivity contribution in [3.63, 3.8) is 0 Å². The smallest absolute Gasteiger partial charge is 0.165 e. The minimum atomic E-state index is -0.846. The van der Waals surface area contributed by atoms with Crippen LogP contribution in [0.25, 0.3) is 0 Å². The largest absolute Gasteiger partial charge is 0.504 e. The van der Waals surface area contributed by atoms with E-state index in [0.717, 1.165) is 44.6 Å². The number of halogens is 1. The molecule has 2 aliphatic heterocycles. The van der Waals surface area contributed by atoms with Crippen molar-refractivity contribution in [2.45, 2.75) is 87.6 Å². The highest BCUT2D eigenvalue weighted by atomic mass is 35.5. The molecule has 6 heteroatoms. The first-order chi connectivity index (χ1) is 14.8. The molecule has 176 valence electrons. The Kier molecular flexibility index (Phi) is 4.27. The number of methoxy groups -OCH3 is 1. The summed E-state index contributed by atoms with van der Waals surface area (Å²) >= 11 is 0. The van der Waals surface area contributed by atoms with Gasteiger partial charge in [-0.25, -0.2) is 0 Å². The van der Waals surface area contributed by atoms with Crippen LogP contribution >= 0.6 is 12.4 Å². The van der Waals surface area contributed by atoms with E-state index in [1.54, 1.807) is 0 Å². The molecule has 5 fully saturated rings. The van der Waals surface area contributed by atoms with Crippen LogP contribution in [0, 0.1) is 17.3 Å². The Morgan fingerprint density at radius 2 is 2.00 bits per heavy atom. The van der Waals surface area contributed by atoms with Crippen LogP contribution in [-0.4, -0.2) is 58.7 Å². The van der Waals surface area contributed by atoms with E-state index in [4.69, 9.17) is 9.47 Å². The maximum absolute atomic E-state index is 11.4. The number of phenolic OH excluding ortho intramolecular Hbond substituents is 1. The first kappa shape index (κ1) is 21.5. The zero-order chi connectivity index (χ0) is 21.4. The fourth-order valence-corrected chi connectivity index (χ4v) is 9.23. The molecule has 0 amide bonds. The number of ether oxygens (including phenoxy) is 2. The number of rotatable bonds is 4. The van der Waals surface area contributed by atoms with Gasteiger partial charge in [0.05, 0.1) is 5.60 Å². The summed E-state index contributed by atoms with van der Waals surface area (Å²) in [5, 5.41) is 22.2. The number of benzene rings is 1. The topological polar surface area (TPSA) is 62.2 Å². The molecule has 0 unspecified atom stereocenters. The van der Waals surface area contributed by atoms with Gasteiger partial charge in [0.25, 0.3) is 0 Å². The predicted molar refractivity (Wildman–Crippen MR) is 124 cm³/mol. The molecule has 7 aliphatic rings. The van der Waals surface area contributed by atoms with Crippen molar-refractivity contribution in [2.75, 3.05) is 20.2 Å². The molecule has 8 rings (SSSR count). The molecule has 2 spiro atoms. The highest BCUT2D eigenvalue weighted by Gasteiger charge is 2.81. The minimum Gasteiger partial charge on any atom is -0.504 e. The Morgan fingerprint density at radius 1 is 1.22 bits per heavy atom. The van der Waals surface area contributed by atoms with Crippen LogP contribution < -0.4 is 4.74 Å². The molecule has 6 atom stereocenters. The monoisotopic (exact) mass is 460 g/mol. The van der Waals surface area contributed by atoms with E-state index < -0.39 is 11.2 Å². The van der Waals surface area contributed by atoms with Gasteiger partial charge in [-0.15, -0.1) is 12.4 Å². The fraction of sp³-hybridized carbons (Fsp3) is 0.769. The van der Waals surface area contributed by atoms with Crippen molar-refractivity contribution >= 4 is 12.4 Å². The van der Waals surface area contributed by atoms with Crippen LogP contribution in [0.5, 0.6) is 11.5 Å². The first-order valence-electron chi connectivity index (χ1n) is 12.3. The van der Waals surface area contributed by atoms with Crippen LogP contribution in [0.3, 0.4) is 0 Å². The molecule has 1 aromatic carbocycles. The molecule has 5 nitrogen and oxygen atoms in total. The Labute approximate surface area is 196 Å². The van der Waals surface area contributed by atoms with E-state index >= 15 is 0 Å². The Hall–Kier alpha value is -1.01. The lowest BCUT2D eigenvalue weighted by atomic mass is 9.34. The van der Waals surface area contributed by atoms with Gasteiger partial charge in [-0.2, -0.15) is 0 Å². The summed E-state index contributed by atoms with van der Waals surface area (Å²) in [6, 6.07) is 4.46. The van der Waals surface area contributed by atoms with Gasteiger partial charge in [-0.1, -0.05) is 6.07 Å². The lowest BCUT2D eigenvalue weighted by molar-refractivity contribution is -0.300. The van der Waals surface area contributed by atoms with Crippen molar-refractivity contribution in [1.29, 1.82) is 0 Å². The Bertz CT molecular complexity index is 973. The standard InChI is InChI=1S/C26H35NO4.ClH/c1-23(2,29)18-13-24-8-9-26(18,30-3)22-25(24)10-11-27(14-15-4-5-15)19(24)12-16-6-7-17(28)21(31-22)20(16)25;/h6-7,15,18-19,22,28-29H,4-5,8-14H2,1-3H3;1H/t18-,19-,22-,24-,25+,26-;/m1./s1/i3-1;. The molecule has 4 saturated carbocycles. The first-order valence-corrected chi connectivity index (χ1v) is 12.3. The molecule has 1 aromatic rings. The maximum atomic E-state index is 11.4. The molecule has 32 heavy (non-hydrogen) atoms. The number of nitrogens with zero attached hydrogens (tertiary/aromatic N) is 1. The van der Waals surface area contributed by atoms with Crippen LogP contribution in [0.2, 0.25) is 0 Å². The molecule has 5 aliphatic carbocycles. The summed E-state index contributed by atoms with van der Waals surface area (Å²) < 4.78 is 13.2. The van der Waals surface area contributed by atoms with Gasteiger partial charge in [-0.3, -0.25) is 4.90 Å². The van der Waals surface area contributed by atoms with E-state index in [0.29, 0.717) is 11.8 Å². The quantitative estimate of drug-likeness (QED) is 0.715. The number of aromatic hydroxyl groups is 1. The lowest BCUT2D eigenvalue weighted by Crippen LogP contribution is -2.82. The van der Waals surface area contributed by atoms with Crippen molar-refractivity contribution in [3.05, 3.63) is 23.3 Å². The zero-order valence-corrected chi connectivity index (χ0v) is 20.2. The van der Waals surface area contributed by atoms with E-state index in [-0.39, 0.29) is 41.0 Å². The second kappa shape index (κ2) is 6.35. The van der Waals surface area contributed by atoms with E-state index in [9.17, 15) is 10.2 Å². The van der Waals surface area contributed by atoms with Crippen LogP contribution in [0.1, 0.15) is 63.5 Å². The van der Waals surface area contributed by atoms with Gasteiger partial charge in [0.2, 0.25) is 0 Å². The number of fused-ring (bicyclic) bond motifs is 2. The highest BCUT2D eigenvalue weighted by Crippen LogP contribution is 2.77. The van der Waals surface area contributed by atoms with Crippen LogP contribution in [-0.2, 0) is 16.6 Å². The van der Waals surface area contributed by atoms with E-state index in [2.05, 4.69) is 11.0 Å². The third-order valence-electron chi connectivity index (χ3n) is 10.5. The highest BCUT2D eigenvalue weighted by molar-refractivity contribution is 5.85. The van der Waals surface area contributed by atoms with E-state index in [1.807, 2.05) is 27.0 Å². The molecule has 2 heterocycles. The lowest BCUT2D eigenvalue weighted by Gasteiger charge is -2.75. The maximum Gasteiger partial charge on any atom is 0.165 e. The van der Waals surface area contributed by atoms with Gasteiger partial charge < -0.3 is 19.7 Å². The SMILES string of the molecule is CC(C)(O)[C@H]1C[C@@]23CC[C@]1(O[11CH3])[C@@H]1Oc4c(O)ccc5c4[C@@]12CCN(CC1CC1)[C@@H]3C5.Cl. The average Bonchev–Trinajstić information content (AvgIpc) is 3.47. The number of piperidine rings is 1. The summed E-state index contributed by atoms with van der Waals surface area (Å²) in [5.74, 6) is 1.86. The van der Waals surface area contributed by atoms with Gasteiger partial charge >= 0.3 is 0 Å². The Morgan fingerprint density at radius 3 is 2.69 bits per heavy atom.